The van der Waals surface area contributed by atoms with Gasteiger partial charge >= 0.3 is 0 Å². The number of nitrogens with one attached hydrogen (secondary N) is 2. The van der Waals surface area contributed by atoms with Crippen LogP contribution in [0.15, 0.2) is 48.5 Å². The lowest BCUT2D eigenvalue weighted by Crippen LogP contribution is -2.54. The van der Waals surface area contributed by atoms with E-state index in [2.05, 4.69) is 10.6 Å². The van der Waals surface area contributed by atoms with Gasteiger partial charge in [0.15, 0.2) is 0 Å². The van der Waals surface area contributed by atoms with E-state index in [4.69, 9.17) is 5.73 Å². The van der Waals surface area contributed by atoms with Gasteiger partial charge in [-0.05, 0) is 29.3 Å². The Morgan fingerprint density at radius 3 is 2.29 bits per heavy atom. The summed E-state index contributed by atoms with van der Waals surface area (Å²) in [5, 5.41) is 4.90. The van der Waals surface area contributed by atoms with E-state index in [0.717, 1.165) is 0 Å². The number of rotatable bonds is 8. The lowest BCUT2D eigenvalue weighted by atomic mass is 10.0. The largest absolute Gasteiger partial charge is 0.368 e. The maximum atomic E-state index is 13.9. The van der Waals surface area contributed by atoms with E-state index in [9.17, 15) is 23.2 Å². The quantitative estimate of drug-likeness (QED) is 0.633. The highest BCUT2D eigenvalue weighted by molar-refractivity contribution is 5.91. The lowest BCUT2D eigenvalue weighted by molar-refractivity contribution is -0.130. The van der Waals surface area contributed by atoms with Crippen LogP contribution in [0.4, 0.5) is 8.78 Å². The molecule has 0 spiro atoms. The van der Waals surface area contributed by atoms with E-state index in [0.29, 0.717) is 5.56 Å². The average Bonchev–Trinajstić information content (AvgIpc) is 2.62. The fraction of sp³-hybridized carbons (Fsp3) is 0.250. The molecule has 2 aromatic rings. The maximum Gasteiger partial charge on any atom is 0.243 e. The summed E-state index contributed by atoms with van der Waals surface area (Å²) in [7, 11) is 0. The molecule has 0 radical (unpaired) electrons. The third kappa shape index (κ3) is 6.15. The van der Waals surface area contributed by atoms with Crippen molar-refractivity contribution >= 4 is 17.7 Å². The van der Waals surface area contributed by atoms with Gasteiger partial charge in [0.25, 0.3) is 0 Å². The SMILES string of the molecule is CC(=O)N[C@H](Cc1ccccc1F)C(=O)N[C@H](Cc1cccc(F)c1)C(N)=O. The molecular formula is C20H21F2N3O3. The van der Waals surface area contributed by atoms with Gasteiger partial charge in [-0.1, -0.05) is 30.3 Å². The van der Waals surface area contributed by atoms with E-state index in [-0.39, 0.29) is 18.4 Å². The normalized spacial score (nSPS) is 12.7. The van der Waals surface area contributed by atoms with Crippen LogP contribution in [0.25, 0.3) is 0 Å². The van der Waals surface area contributed by atoms with E-state index < -0.39 is 41.4 Å². The van der Waals surface area contributed by atoms with Gasteiger partial charge in [-0.15, -0.1) is 0 Å². The summed E-state index contributed by atoms with van der Waals surface area (Å²) in [5.41, 5.74) is 6.05. The van der Waals surface area contributed by atoms with Gasteiger partial charge in [-0.3, -0.25) is 14.4 Å². The summed E-state index contributed by atoms with van der Waals surface area (Å²) in [5.74, 6) is -3.00. The molecule has 0 aromatic heterocycles. The van der Waals surface area contributed by atoms with Gasteiger partial charge < -0.3 is 16.4 Å². The van der Waals surface area contributed by atoms with E-state index >= 15 is 0 Å². The Morgan fingerprint density at radius 1 is 0.964 bits per heavy atom. The van der Waals surface area contributed by atoms with Crippen LogP contribution in [0.5, 0.6) is 0 Å². The number of hydrogen-bond acceptors (Lipinski definition) is 3. The monoisotopic (exact) mass is 389 g/mol. The first-order valence-corrected chi connectivity index (χ1v) is 8.61. The summed E-state index contributed by atoms with van der Waals surface area (Å²) < 4.78 is 27.3. The van der Waals surface area contributed by atoms with Crippen molar-refractivity contribution in [3.63, 3.8) is 0 Å². The van der Waals surface area contributed by atoms with Crippen LogP contribution in [0, 0.1) is 11.6 Å². The van der Waals surface area contributed by atoms with Crippen molar-refractivity contribution in [1.29, 1.82) is 0 Å². The van der Waals surface area contributed by atoms with Gasteiger partial charge in [0.2, 0.25) is 17.7 Å². The molecule has 2 aromatic carbocycles. The predicted molar refractivity (Wildman–Crippen MR) is 98.9 cm³/mol. The summed E-state index contributed by atoms with van der Waals surface area (Å²) in [6.07, 6.45) is -0.130. The minimum absolute atomic E-state index is 0.0225. The molecular weight excluding hydrogens is 368 g/mol. The second-order valence-corrected chi connectivity index (χ2v) is 6.35. The van der Waals surface area contributed by atoms with Crippen molar-refractivity contribution in [3.05, 3.63) is 71.3 Å². The topological polar surface area (TPSA) is 101 Å². The second-order valence-electron chi connectivity index (χ2n) is 6.35. The molecule has 6 nitrogen and oxygen atoms in total. The summed E-state index contributed by atoms with van der Waals surface area (Å²) in [6.45, 7) is 1.22. The Labute approximate surface area is 161 Å². The van der Waals surface area contributed by atoms with E-state index in [1.165, 1.54) is 43.3 Å². The molecule has 0 bridgehead atoms. The highest BCUT2D eigenvalue weighted by Gasteiger charge is 2.26. The molecule has 8 heteroatoms. The molecule has 0 aliphatic rings. The zero-order valence-corrected chi connectivity index (χ0v) is 15.2. The van der Waals surface area contributed by atoms with Crippen LogP contribution in [-0.4, -0.2) is 29.8 Å². The molecule has 148 valence electrons. The molecule has 4 N–H and O–H groups in total. The molecule has 0 aliphatic heterocycles. The first-order valence-electron chi connectivity index (χ1n) is 8.61. The number of primary amides is 1. The number of hydrogen-bond donors (Lipinski definition) is 3. The molecule has 0 unspecified atom stereocenters. The Balaban J connectivity index is 2.15. The predicted octanol–water partition coefficient (Wildman–Crippen LogP) is 1.22. The Morgan fingerprint density at radius 2 is 1.68 bits per heavy atom. The Kier molecular flexibility index (Phi) is 7.20. The lowest BCUT2D eigenvalue weighted by Gasteiger charge is -2.22. The average molecular weight is 389 g/mol. The zero-order chi connectivity index (χ0) is 20.7. The molecule has 0 aliphatic carbocycles. The first kappa shape index (κ1) is 21.0. The van der Waals surface area contributed by atoms with Crippen LogP contribution in [-0.2, 0) is 27.2 Å². The molecule has 2 atom stereocenters. The number of amides is 3. The molecule has 28 heavy (non-hydrogen) atoms. The fourth-order valence-electron chi connectivity index (χ4n) is 2.73. The number of nitrogens with two attached hydrogens (primary N) is 1. The zero-order valence-electron chi connectivity index (χ0n) is 15.2. The minimum atomic E-state index is -1.12. The molecule has 0 heterocycles. The van der Waals surface area contributed by atoms with Crippen molar-refractivity contribution in [2.24, 2.45) is 5.73 Å². The van der Waals surface area contributed by atoms with Crippen molar-refractivity contribution in [3.8, 4) is 0 Å². The van der Waals surface area contributed by atoms with Crippen molar-refractivity contribution in [1.82, 2.24) is 10.6 Å². The smallest absolute Gasteiger partial charge is 0.243 e. The number of carbonyl (C=O) groups is 3. The first-order chi connectivity index (χ1) is 13.3. The van der Waals surface area contributed by atoms with Crippen LogP contribution >= 0.6 is 0 Å². The van der Waals surface area contributed by atoms with Crippen LogP contribution in [0.2, 0.25) is 0 Å². The molecule has 2 rings (SSSR count). The van der Waals surface area contributed by atoms with Crippen LogP contribution in [0.3, 0.4) is 0 Å². The second kappa shape index (κ2) is 9.59. The van der Waals surface area contributed by atoms with Gasteiger partial charge in [0, 0.05) is 19.8 Å². The molecule has 0 saturated carbocycles. The standard InChI is InChI=1S/C20H21F2N3O3/c1-12(26)24-18(11-14-6-2-3-8-16(14)22)20(28)25-17(19(23)27)10-13-5-4-7-15(21)9-13/h2-9,17-18H,10-11H2,1H3,(H2,23,27)(H,24,26)(H,25,28)/t17-,18-/m1/s1. The van der Waals surface area contributed by atoms with Crippen LogP contribution < -0.4 is 16.4 Å². The number of carbonyl (C=O) groups excluding carboxylic acids is 3. The third-order valence-corrected chi connectivity index (χ3v) is 4.06. The van der Waals surface area contributed by atoms with Crippen molar-refractivity contribution in [2.75, 3.05) is 0 Å². The van der Waals surface area contributed by atoms with E-state index in [1.807, 2.05) is 0 Å². The van der Waals surface area contributed by atoms with Gasteiger partial charge in [-0.25, -0.2) is 8.78 Å². The maximum absolute atomic E-state index is 13.9. The third-order valence-electron chi connectivity index (χ3n) is 4.06. The molecule has 3 amide bonds. The van der Waals surface area contributed by atoms with Crippen molar-refractivity contribution < 1.29 is 23.2 Å². The Bertz CT molecular complexity index is 873. The van der Waals surface area contributed by atoms with E-state index in [1.54, 1.807) is 12.1 Å². The Hall–Kier alpha value is -3.29. The van der Waals surface area contributed by atoms with Gasteiger partial charge in [0.1, 0.15) is 23.7 Å². The summed E-state index contributed by atoms with van der Waals surface area (Å²) in [4.78, 5) is 35.8. The highest BCUT2D eigenvalue weighted by Crippen LogP contribution is 2.11. The molecule has 0 saturated heterocycles. The number of halogens is 2. The van der Waals surface area contributed by atoms with Crippen LogP contribution in [0.1, 0.15) is 18.1 Å². The summed E-state index contributed by atoms with van der Waals surface area (Å²) in [6, 6.07) is 9.18. The van der Waals surface area contributed by atoms with Gasteiger partial charge in [-0.2, -0.15) is 0 Å². The molecule has 0 fully saturated rings. The minimum Gasteiger partial charge on any atom is -0.368 e. The highest BCUT2D eigenvalue weighted by atomic mass is 19.1. The number of benzene rings is 2. The van der Waals surface area contributed by atoms with Crippen molar-refractivity contribution in [2.45, 2.75) is 31.8 Å². The van der Waals surface area contributed by atoms with Gasteiger partial charge in [0.05, 0.1) is 0 Å². The fourth-order valence-corrected chi connectivity index (χ4v) is 2.73. The summed E-state index contributed by atoms with van der Waals surface area (Å²) >= 11 is 0.